The number of aromatic nitrogens is 1. The first-order valence-electron chi connectivity index (χ1n) is 5.76. The van der Waals surface area contributed by atoms with E-state index in [1.807, 2.05) is 29.1 Å². The lowest BCUT2D eigenvalue weighted by molar-refractivity contribution is 0.157. The Labute approximate surface area is 109 Å². The molecule has 1 aliphatic heterocycles. The average Bonchev–Trinajstić information content (AvgIpc) is 2.91. The fraction of sp³-hybridized carbons (Fsp3) is 0.308. The third-order valence-corrected chi connectivity index (χ3v) is 3.74. The summed E-state index contributed by atoms with van der Waals surface area (Å²) in [6.45, 7) is 0. The van der Waals surface area contributed by atoms with Gasteiger partial charge in [0.1, 0.15) is 17.6 Å². The minimum atomic E-state index is -0.0640. The van der Waals surface area contributed by atoms with Gasteiger partial charge in [0.25, 0.3) is 0 Å². The summed E-state index contributed by atoms with van der Waals surface area (Å²) in [6.07, 6.45) is 0.689. The van der Waals surface area contributed by atoms with Gasteiger partial charge in [-0.2, -0.15) is 0 Å². The number of rotatable bonds is 2. The zero-order chi connectivity index (χ0) is 12.5. The first-order valence-corrected chi connectivity index (χ1v) is 6.70. The first-order chi connectivity index (χ1) is 8.78. The molecule has 0 radical (unpaired) electrons. The van der Waals surface area contributed by atoms with Crippen LogP contribution in [0.1, 0.15) is 29.8 Å². The molecule has 0 aliphatic carbocycles. The second-order valence-corrected chi connectivity index (χ2v) is 4.98. The topological polar surface area (TPSA) is 57.4 Å². The maximum Gasteiger partial charge on any atom is 0.143 e. The summed E-state index contributed by atoms with van der Waals surface area (Å²) in [7, 11) is 1.64. The van der Waals surface area contributed by atoms with Crippen LogP contribution >= 0.6 is 11.3 Å². The summed E-state index contributed by atoms with van der Waals surface area (Å²) in [5, 5.41) is 2.00. The van der Waals surface area contributed by atoms with Gasteiger partial charge in [-0.3, -0.25) is 0 Å². The predicted molar refractivity (Wildman–Crippen MR) is 70.0 cm³/mol. The maximum absolute atomic E-state index is 6.19. The van der Waals surface area contributed by atoms with Crippen LogP contribution in [0, 0.1) is 0 Å². The number of fused-ring (bicyclic) bond motifs is 1. The molecular weight excluding hydrogens is 248 g/mol. The Bertz CT molecular complexity index is 542. The molecule has 1 aromatic carbocycles. The Morgan fingerprint density at radius 1 is 1.50 bits per heavy atom. The van der Waals surface area contributed by atoms with Crippen molar-refractivity contribution in [1.82, 2.24) is 4.98 Å². The summed E-state index contributed by atoms with van der Waals surface area (Å²) in [6, 6.07) is 5.74. The standard InChI is InChI=1S/C13H14N2O2S/c1-16-8-2-3-9-10(14)5-13(17-12(9)4-8)11-6-18-7-15-11/h2-4,6-7,10,13H,5,14H2,1H3/t10-,13?/m1/s1. The van der Waals surface area contributed by atoms with Gasteiger partial charge in [0, 0.05) is 29.5 Å². The normalized spacial score (nSPS) is 22.1. The van der Waals surface area contributed by atoms with E-state index in [-0.39, 0.29) is 12.1 Å². The van der Waals surface area contributed by atoms with Crippen molar-refractivity contribution in [3.63, 3.8) is 0 Å². The molecule has 2 atom stereocenters. The molecule has 1 unspecified atom stereocenters. The monoisotopic (exact) mass is 262 g/mol. The van der Waals surface area contributed by atoms with E-state index in [0.717, 1.165) is 29.2 Å². The van der Waals surface area contributed by atoms with E-state index in [1.165, 1.54) is 0 Å². The van der Waals surface area contributed by atoms with Crippen molar-refractivity contribution in [2.75, 3.05) is 7.11 Å². The smallest absolute Gasteiger partial charge is 0.143 e. The van der Waals surface area contributed by atoms with Crippen LogP contribution in [0.25, 0.3) is 0 Å². The summed E-state index contributed by atoms with van der Waals surface area (Å²) in [5.74, 6) is 1.57. The Kier molecular flexibility index (Phi) is 2.93. The number of nitrogens with zero attached hydrogens (tertiary/aromatic N) is 1. The molecule has 0 fully saturated rings. The van der Waals surface area contributed by atoms with E-state index in [0.29, 0.717) is 0 Å². The van der Waals surface area contributed by atoms with E-state index in [9.17, 15) is 0 Å². The van der Waals surface area contributed by atoms with Crippen molar-refractivity contribution in [2.45, 2.75) is 18.6 Å². The van der Waals surface area contributed by atoms with Gasteiger partial charge in [-0.15, -0.1) is 11.3 Å². The van der Waals surface area contributed by atoms with Crippen LogP contribution in [-0.2, 0) is 0 Å². The molecule has 18 heavy (non-hydrogen) atoms. The van der Waals surface area contributed by atoms with Gasteiger partial charge in [0.15, 0.2) is 0 Å². The number of nitrogens with two attached hydrogens (primary N) is 1. The van der Waals surface area contributed by atoms with Gasteiger partial charge in [0.2, 0.25) is 0 Å². The highest BCUT2D eigenvalue weighted by molar-refractivity contribution is 7.07. The lowest BCUT2D eigenvalue weighted by Gasteiger charge is -2.29. The predicted octanol–water partition coefficient (Wildman–Crippen LogP) is 2.68. The van der Waals surface area contributed by atoms with E-state index in [4.69, 9.17) is 15.2 Å². The minimum Gasteiger partial charge on any atom is -0.497 e. The molecule has 0 saturated carbocycles. The number of hydrogen-bond acceptors (Lipinski definition) is 5. The molecule has 0 saturated heterocycles. The molecule has 0 amide bonds. The highest BCUT2D eigenvalue weighted by Gasteiger charge is 2.28. The highest BCUT2D eigenvalue weighted by atomic mass is 32.1. The average molecular weight is 262 g/mol. The lowest BCUT2D eigenvalue weighted by atomic mass is 9.96. The molecule has 5 heteroatoms. The molecule has 0 spiro atoms. The molecular formula is C13H14N2O2S. The van der Waals surface area contributed by atoms with E-state index in [2.05, 4.69) is 4.98 Å². The Hall–Kier alpha value is -1.59. The van der Waals surface area contributed by atoms with Crippen molar-refractivity contribution >= 4 is 11.3 Å². The molecule has 2 N–H and O–H groups in total. The number of ether oxygens (including phenoxy) is 2. The number of benzene rings is 1. The van der Waals surface area contributed by atoms with Gasteiger partial charge in [-0.05, 0) is 6.07 Å². The van der Waals surface area contributed by atoms with Gasteiger partial charge >= 0.3 is 0 Å². The third-order valence-electron chi connectivity index (χ3n) is 3.14. The van der Waals surface area contributed by atoms with Crippen molar-refractivity contribution in [3.05, 3.63) is 40.3 Å². The second kappa shape index (κ2) is 4.59. The molecule has 3 rings (SSSR count). The summed E-state index contributed by atoms with van der Waals surface area (Å²) in [5.41, 5.74) is 9.98. The first kappa shape index (κ1) is 11.5. The van der Waals surface area contributed by atoms with E-state index >= 15 is 0 Å². The van der Waals surface area contributed by atoms with Gasteiger partial charge in [-0.1, -0.05) is 6.07 Å². The van der Waals surface area contributed by atoms with Crippen molar-refractivity contribution < 1.29 is 9.47 Å². The molecule has 4 nitrogen and oxygen atoms in total. The van der Waals surface area contributed by atoms with Gasteiger partial charge in [-0.25, -0.2) is 4.98 Å². The Balaban J connectivity index is 1.95. The van der Waals surface area contributed by atoms with Crippen LogP contribution in [0.2, 0.25) is 0 Å². The Morgan fingerprint density at radius 3 is 3.11 bits per heavy atom. The quantitative estimate of drug-likeness (QED) is 0.904. The second-order valence-electron chi connectivity index (χ2n) is 4.27. The third kappa shape index (κ3) is 1.95. The minimum absolute atomic E-state index is 0.0219. The fourth-order valence-electron chi connectivity index (χ4n) is 2.17. The van der Waals surface area contributed by atoms with Crippen molar-refractivity contribution in [2.24, 2.45) is 5.73 Å². The fourth-order valence-corrected chi connectivity index (χ4v) is 2.77. The van der Waals surface area contributed by atoms with Crippen LogP contribution in [0.5, 0.6) is 11.5 Å². The zero-order valence-corrected chi connectivity index (χ0v) is 10.8. The lowest BCUT2D eigenvalue weighted by Crippen LogP contribution is -2.24. The van der Waals surface area contributed by atoms with Gasteiger partial charge < -0.3 is 15.2 Å². The van der Waals surface area contributed by atoms with Crippen LogP contribution < -0.4 is 15.2 Å². The molecule has 2 heterocycles. The van der Waals surface area contributed by atoms with Crippen molar-refractivity contribution in [3.8, 4) is 11.5 Å². The number of thiazole rings is 1. The molecule has 0 bridgehead atoms. The van der Waals surface area contributed by atoms with E-state index < -0.39 is 0 Å². The largest absolute Gasteiger partial charge is 0.497 e. The molecule has 1 aliphatic rings. The Morgan fingerprint density at radius 2 is 2.39 bits per heavy atom. The summed E-state index contributed by atoms with van der Waals surface area (Å²) >= 11 is 1.57. The van der Waals surface area contributed by atoms with Crippen LogP contribution in [-0.4, -0.2) is 12.1 Å². The maximum atomic E-state index is 6.19. The van der Waals surface area contributed by atoms with E-state index in [1.54, 1.807) is 18.4 Å². The number of hydrogen-bond donors (Lipinski definition) is 1. The molecule has 2 aromatic rings. The SMILES string of the molecule is COc1ccc2c(c1)OC(c1cscn1)C[C@H]2N. The number of methoxy groups -OCH3 is 1. The van der Waals surface area contributed by atoms with Gasteiger partial charge in [0.05, 0.1) is 18.3 Å². The van der Waals surface area contributed by atoms with Crippen LogP contribution in [0.15, 0.2) is 29.1 Å². The highest BCUT2D eigenvalue weighted by Crippen LogP contribution is 2.40. The molecule has 1 aromatic heterocycles. The zero-order valence-electron chi connectivity index (χ0n) is 10.00. The summed E-state index contributed by atoms with van der Waals surface area (Å²) in [4.78, 5) is 4.30. The summed E-state index contributed by atoms with van der Waals surface area (Å²) < 4.78 is 11.2. The molecule has 94 valence electrons. The van der Waals surface area contributed by atoms with Crippen LogP contribution in [0.3, 0.4) is 0 Å². The van der Waals surface area contributed by atoms with Crippen LogP contribution in [0.4, 0.5) is 0 Å². The van der Waals surface area contributed by atoms with Crippen molar-refractivity contribution in [1.29, 1.82) is 0 Å².